The van der Waals surface area contributed by atoms with Crippen molar-refractivity contribution in [3.63, 3.8) is 0 Å². The Bertz CT molecular complexity index is 472. The van der Waals surface area contributed by atoms with E-state index in [4.69, 9.17) is 4.74 Å². The van der Waals surface area contributed by atoms with Crippen molar-refractivity contribution in [2.45, 2.75) is 82.9 Å². The lowest BCUT2D eigenvalue weighted by Gasteiger charge is -2.41. The predicted molar refractivity (Wildman–Crippen MR) is 96.7 cm³/mol. The highest BCUT2D eigenvalue weighted by Gasteiger charge is 2.32. The molecule has 3 nitrogen and oxygen atoms in total. The summed E-state index contributed by atoms with van der Waals surface area (Å²) in [4.78, 5) is 15.2. The molecule has 1 aromatic carbocycles. The van der Waals surface area contributed by atoms with Gasteiger partial charge in [0.15, 0.2) is 0 Å². The zero-order valence-electron chi connectivity index (χ0n) is 14.8. The van der Waals surface area contributed by atoms with Crippen LogP contribution in [-0.4, -0.2) is 29.5 Å². The van der Waals surface area contributed by atoms with Crippen LogP contribution in [0.3, 0.4) is 0 Å². The van der Waals surface area contributed by atoms with Crippen LogP contribution in [-0.2, 0) is 16.1 Å². The number of nitrogens with zero attached hydrogens (tertiary/aromatic N) is 1. The molecule has 2 saturated carbocycles. The second kappa shape index (κ2) is 9.22. The highest BCUT2D eigenvalue weighted by Crippen LogP contribution is 2.30. The van der Waals surface area contributed by atoms with E-state index in [2.05, 4.69) is 4.90 Å². The molecule has 2 fully saturated rings. The van der Waals surface area contributed by atoms with E-state index in [9.17, 15) is 4.79 Å². The Morgan fingerprint density at radius 3 is 1.96 bits per heavy atom. The summed E-state index contributed by atoms with van der Waals surface area (Å²) >= 11 is 0. The molecule has 0 radical (unpaired) electrons. The molecule has 0 saturated heterocycles. The Hall–Kier alpha value is -1.35. The third-order valence-corrected chi connectivity index (χ3v) is 5.56. The number of benzene rings is 1. The summed E-state index contributed by atoms with van der Waals surface area (Å²) in [6.45, 7) is 0.748. The van der Waals surface area contributed by atoms with Crippen LogP contribution in [0.5, 0.6) is 0 Å². The number of hydrogen-bond donors (Lipinski definition) is 0. The summed E-state index contributed by atoms with van der Waals surface area (Å²) in [7, 11) is 0. The van der Waals surface area contributed by atoms with Crippen LogP contribution in [0, 0.1) is 0 Å². The van der Waals surface area contributed by atoms with Crippen molar-refractivity contribution >= 4 is 5.91 Å². The summed E-state index contributed by atoms with van der Waals surface area (Å²) in [6, 6.07) is 11.0. The van der Waals surface area contributed by atoms with E-state index in [0.29, 0.717) is 18.7 Å². The van der Waals surface area contributed by atoms with Crippen molar-refractivity contribution in [2.24, 2.45) is 0 Å². The van der Waals surface area contributed by atoms with Crippen LogP contribution < -0.4 is 0 Å². The molecule has 1 amide bonds. The topological polar surface area (TPSA) is 29.5 Å². The molecule has 1 aromatic rings. The van der Waals surface area contributed by atoms with Crippen LogP contribution >= 0.6 is 0 Å². The zero-order valence-corrected chi connectivity index (χ0v) is 14.8. The standard InChI is InChI=1S/C21H31NO2/c23-21(17-24-16-18-10-4-1-5-11-18)22(19-12-6-2-7-13-19)20-14-8-3-9-15-20/h1,4-5,10-11,19-20H,2-3,6-9,12-17H2. The summed E-state index contributed by atoms with van der Waals surface area (Å²) in [5.74, 6) is 0.213. The fourth-order valence-electron chi connectivity index (χ4n) is 4.33. The van der Waals surface area contributed by atoms with Gasteiger partial charge in [-0.3, -0.25) is 4.79 Å². The molecule has 0 aliphatic heterocycles. The maximum Gasteiger partial charge on any atom is 0.249 e. The highest BCUT2D eigenvalue weighted by atomic mass is 16.5. The Balaban J connectivity index is 1.57. The molecule has 0 bridgehead atoms. The van der Waals surface area contributed by atoms with E-state index < -0.39 is 0 Å². The maximum absolute atomic E-state index is 12.9. The molecule has 0 heterocycles. The summed E-state index contributed by atoms with van der Waals surface area (Å²) in [5.41, 5.74) is 1.13. The number of ether oxygens (including phenoxy) is 1. The van der Waals surface area contributed by atoms with Crippen molar-refractivity contribution in [3.8, 4) is 0 Å². The molecule has 0 N–H and O–H groups in total. The molecule has 0 aromatic heterocycles. The molecule has 2 aliphatic carbocycles. The lowest BCUT2D eigenvalue weighted by atomic mass is 9.88. The minimum absolute atomic E-state index is 0.213. The third-order valence-electron chi connectivity index (χ3n) is 5.56. The molecule has 24 heavy (non-hydrogen) atoms. The average molecular weight is 329 g/mol. The van der Waals surface area contributed by atoms with Gasteiger partial charge in [-0.25, -0.2) is 0 Å². The van der Waals surface area contributed by atoms with Gasteiger partial charge in [0.05, 0.1) is 6.61 Å². The van der Waals surface area contributed by atoms with Gasteiger partial charge in [0.2, 0.25) is 5.91 Å². The molecular formula is C21H31NO2. The fourth-order valence-corrected chi connectivity index (χ4v) is 4.33. The molecule has 2 aliphatic rings. The van der Waals surface area contributed by atoms with Gasteiger partial charge in [0.25, 0.3) is 0 Å². The van der Waals surface area contributed by atoms with Crippen LogP contribution in [0.4, 0.5) is 0 Å². The van der Waals surface area contributed by atoms with Gasteiger partial charge >= 0.3 is 0 Å². The van der Waals surface area contributed by atoms with Crippen molar-refractivity contribution in [1.29, 1.82) is 0 Å². The molecule has 3 rings (SSSR count). The SMILES string of the molecule is O=C(COCc1ccccc1)N(C1CCCCC1)C1CCCCC1. The summed E-state index contributed by atoms with van der Waals surface area (Å²) in [5, 5.41) is 0. The molecule has 0 unspecified atom stereocenters. The molecule has 3 heteroatoms. The lowest BCUT2D eigenvalue weighted by Crippen LogP contribution is -2.50. The minimum Gasteiger partial charge on any atom is -0.367 e. The Kier molecular flexibility index (Phi) is 6.71. The normalized spacial score (nSPS) is 20.0. The number of carbonyl (C=O) groups is 1. The zero-order chi connectivity index (χ0) is 16.6. The lowest BCUT2D eigenvalue weighted by molar-refractivity contribution is -0.143. The van der Waals surface area contributed by atoms with Crippen LogP contribution in [0.1, 0.15) is 69.8 Å². The monoisotopic (exact) mass is 329 g/mol. The Labute approximate surface area is 146 Å². The predicted octanol–water partition coefficient (Wildman–Crippen LogP) is 4.70. The first-order chi connectivity index (χ1) is 11.8. The number of carbonyl (C=O) groups excluding carboxylic acids is 1. The van der Waals surface area contributed by atoms with Crippen LogP contribution in [0.15, 0.2) is 30.3 Å². The largest absolute Gasteiger partial charge is 0.367 e. The number of amides is 1. The van der Waals surface area contributed by atoms with Crippen LogP contribution in [0.25, 0.3) is 0 Å². The molecular weight excluding hydrogens is 298 g/mol. The van der Waals surface area contributed by atoms with Gasteiger partial charge in [0.1, 0.15) is 6.61 Å². The molecule has 0 spiro atoms. The second-order valence-corrected chi connectivity index (χ2v) is 7.36. The van der Waals surface area contributed by atoms with E-state index in [1.54, 1.807) is 0 Å². The summed E-state index contributed by atoms with van der Waals surface area (Å²) in [6.07, 6.45) is 12.5. The molecule has 132 valence electrons. The Morgan fingerprint density at radius 2 is 1.42 bits per heavy atom. The van der Waals surface area contributed by atoms with Crippen LogP contribution in [0.2, 0.25) is 0 Å². The highest BCUT2D eigenvalue weighted by molar-refractivity contribution is 5.78. The van der Waals surface area contributed by atoms with Gasteiger partial charge in [-0.1, -0.05) is 68.9 Å². The fraction of sp³-hybridized carbons (Fsp3) is 0.667. The van der Waals surface area contributed by atoms with E-state index in [1.807, 2.05) is 30.3 Å². The first kappa shape index (κ1) is 17.5. The third kappa shape index (κ3) is 4.83. The van der Waals surface area contributed by atoms with Crippen molar-refractivity contribution in [2.75, 3.05) is 6.61 Å². The van der Waals surface area contributed by atoms with E-state index in [1.165, 1.54) is 64.2 Å². The second-order valence-electron chi connectivity index (χ2n) is 7.36. The van der Waals surface area contributed by atoms with E-state index >= 15 is 0 Å². The van der Waals surface area contributed by atoms with Crippen molar-refractivity contribution in [1.82, 2.24) is 4.90 Å². The Morgan fingerprint density at radius 1 is 0.875 bits per heavy atom. The van der Waals surface area contributed by atoms with E-state index in [0.717, 1.165) is 5.56 Å². The van der Waals surface area contributed by atoms with Gasteiger partial charge in [-0.2, -0.15) is 0 Å². The quantitative estimate of drug-likeness (QED) is 0.757. The summed E-state index contributed by atoms with van der Waals surface area (Å²) < 4.78 is 5.75. The first-order valence-corrected chi connectivity index (χ1v) is 9.77. The smallest absolute Gasteiger partial charge is 0.249 e. The van der Waals surface area contributed by atoms with Crippen molar-refractivity contribution in [3.05, 3.63) is 35.9 Å². The van der Waals surface area contributed by atoms with Gasteiger partial charge in [-0.15, -0.1) is 0 Å². The number of hydrogen-bond acceptors (Lipinski definition) is 2. The number of rotatable bonds is 6. The van der Waals surface area contributed by atoms with Crippen molar-refractivity contribution < 1.29 is 9.53 Å². The van der Waals surface area contributed by atoms with Gasteiger partial charge in [0, 0.05) is 12.1 Å². The van der Waals surface area contributed by atoms with Gasteiger partial charge < -0.3 is 9.64 Å². The average Bonchev–Trinajstić information content (AvgIpc) is 2.65. The van der Waals surface area contributed by atoms with Gasteiger partial charge in [-0.05, 0) is 31.2 Å². The maximum atomic E-state index is 12.9. The molecule has 0 atom stereocenters. The van der Waals surface area contributed by atoms with E-state index in [-0.39, 0.29) is 12.5 Å². The first-order valence-electron chi connectivity index (χ1n) is 9.77. The minimum atomic E-state index is 0.213.